The number of hydrogen-bond donors (Lipinski definition) is 6. The van der Waals surface area contributed by atoms with Crippen molar-refractivity contribution in [3.63, 3.8) is 0 Å². The maximum atomic E-state index is 12.4. The third-order valence-corrected chi connectivity index (χ3v) is 3.63. The van der Waals surface area contributed by atoms with Gasteiger partial charge in [0.05, 0.1) is 17.9 Å². The van der Waals surface area contributed by atoms with Crippen LogP contribution in [0.4, 0.5) is 11.4 Å². The number of anilines is 2. The molecule has 0 aliphatic carbocycles. The van der Waals surface area contributed by atoms with Gasteiger partial charge in [-0.3, -0.25) is 14.6 Å². The Hall–Kier alpha value is -3.43. The molecule has 134 valence electrons. The Balaban J connectivity index is 2.10. The van der Waals surface area contributed by atoms with Crippen LogP contribution in [0.25, 0.3) is 0 Å². The lowest BCUT2D eigenvalue weighted by Gasteiger charge is -2.09. The number of carbonyl (C=O) groups excluding carboxylic acids is 2. The van der Waals surface area contributed by atoms with Gasteiger partial charge in [-0.15, -0.1) is 0 Å². The molecule has 0 saturated heterocycles. The van der Waals surface area contributed by atoms with E-state index >= 15 is 0 Å². The number of carbonyl (C=O) groups is 2. The highest BCUT2D eigenvalue weighted by Gasteiger charge is 2.19. The highest BCUT2D eigenvalue weighted by atomic mass is 16.2. The monoisotopic (exact) mass is 346 g/mol. The van der Waals surface area contributed by atoms with Crippen LogP contribution in [-0.4, -0.2) is 40.4 Å². The SMILES string of the molecule is Cc1c(N)c[nH]c1C(=O)Nc1ccn(C)c1C(=O)NCCN=C(N)N. The topological polar surface area (TPSA) is 169 Å². The van der Waals surface area contributed by atoms with Crippen molar-refractivity contribution in [2.45, 2.75) is 6.92 Å². The van der Waals surface area contributed by atoms with Crippen LogP contribution in [0.15, 0.2) is 23.5 Å². The molecule has 2 rings (SSSR count). The quantitative estimate of drug-likeness (QED) is 0.235. The minimum atomic E-state index is -0.380. The molecule has 0 aromatic carbocycles. The summed E-state index contributed by atoms with van der Waals surface area (Å²) in [5.74, 6) is -0.770. The molecule has 0 saturated carbocycles. The molecule has 0 fully saturated rings. The van der Waals surface area contributed by atoms with Crippen molar-refractivity contribution < 1.29 is 9.59 Å². The van der Waals surface area contributed by atoms with Crippen molar-refractivity contribution in [1.29, 1.82) is 0 Å². The number of amides is 2. The Bertz CT molecular complexity index is 814. The number of nitrogens with zero attached hydrogens (tertiary/aromatic N) is 2. The molecular formula is C15H22N8O2. The van der Waals surface area contributed by atoms with E-state index in [-0.39, 0.29) is 30.9 Å². The van der Waals surface area contributed by atoms with E-state index in [1.807, 2.05) is 0 Å². The molecule has 0 unspecified atom stereocenters. The molecule has 0 bridgehead atoms. The summed E-state index contributed by atoms with van der Waals surface area (Å²) in [6.45, 7) is 2.27. The van der Waals surface area contributed by atoms with Gasteiger partial charge in [-0.2, -0.15) is 0 Å². The summed E-state index contributed by atoms with van der Waals surface area (Å²) >= 11 is 0. The normalized spacial score (nSPS) is 10.3. The van der Waals surface area contributed by atoms with E-state index in [9.17, 15) is 9.59 Å². The first-order chi connectivity index (χ1) is 11.8. The molecule has 0 spiro atoms. The van der Waals surface area contributed by atoms with Gasteiger partial charge < -0.3 is 37.4 Å². The Labute approximate surface area is 144 Å². The number of nitrogens with one attached hydrogen (secondary N) is 3. The number of nitrogen functional groups attached to an aromatic ring is 1. The second kappa shape index (κ2) is 7.43. The van der Waals surface area contributed by atoms with Gasteiger partial charge >= 0.3 is 0 Å². The molecule has 2 amide bonds. The molecule has 2 heterocycles. The summed E-state index contributed by atoms with van der Waals surface area (Å²) < 4.78 is 1.61. The number of nitrogens with two attached hydrogens (primary N) is 3. The summed E-state index contributed by atoms with van der Waals surface area (Å²) in [6, 6.07) is 1.64. The van der Waals surface area contributed by atoms with Crippen molar-refractivity contribution in [3.8, 4) is 0 Å². The van der Waals surface area contributed by atoms with E-state index in [2.05, 4.69) is 20.6 Å². The standard InChI is InChI=1S/C15H22N8O2/c1-8-9(16)7-21-11(8)13(24)22-10-3-6-23(2)12(10)14(25)19-4-5-20-15(17)18/h3,6-7,21H,4-5,16H2,1-2H3,(H,19,25)(H,22,24)(H4,17,18,20). The molecule has 10 nitrogen and oxygen atoms in total. The van der Waals surface area contributed by atoms with Crippen molar-refractivity contribution in [1.82, 2.24) is 14.9 Å². The highest BCUT2D eigenvalue weighted by molar-refractivity contribution is 6.08. The predicted molar refractivity (Wildman–Crippen MR) is 96.3 cm³/mol. The lowest BCUT2D eigenvalue weighted by atomic mass is 10.2. The number of aryl methyl sites for hydroxylation is 1. The second-order valence-electron chi connectivity index (χ2n) is 5.45. The first kappa shape index (κ1) is 17.9. The van der Waals surface area contributed by atoms with Gasteiger partial charge in [0, 0.05) is 31.5 Å². The zero-order valence-electron chi connectivity index (χ0n) is 14.1. The number of aromatic nitrogens is 2. The van der Waals surface area contributed by atoms with E-state index in [0.29, 0.717) is 28.3 Å². The van der Waals surface area contributed by atoms with Crippen LogP contribution in [-0.2, 0) is 7.05 Å². The van der Waals surface area contributed by atoms with E-state index in [0.717, 1.165) is 0 Å². The molecule has 0 aliphatic heterocycles. The zero-order valence-corrected chi connectivity index (χ0v) is 14.1. The van der Waals surface area contributed by atoms with Crippen LogP contribution in [0, 0.1) is 6.92 Å². The Morgan fingerprint density at radius 1 is 1.32 bits per heavy atom. The van der Waals surface area contributed by atoms with Crippen molar-refractivity contribution >= 4 is 29.1 Å². The molecule has 0 aliphatic rings. The van der Waals surface area contributed by atoms with E-state index in [1.54, 1.807) is 37.0 Å². The van der Waals surface area contributed by atoms with Crippen LogP contribution >= 0.6 is 0 Å². The fourth-order valence-electron chi connectivity index (χ4n) is 2.28. The molecule has 25 heavy (non-hydrogen) atoms. The molecule has 2 aromatic rings. The Kier molecular flexibility index (Phi) is 5.32. The van der Waals surface area contributed by atoms with Crippen LogP contribution in [0.5, 0.6) is 0 Å². The summed E-state index contributed by atoms with van der Waals surface area (Å²) in [5, 5.41) is 5.41. The molecule has 0 atom stereocenters. The van der Waals surface area contributed by atoms with Gasteiger partial charge in [0.25, 0.3) is 11.8 Å². The summed E-state index contributed by atoms with van der Waals surface area (Å²) in [4.78, 5) is 31.3. The van der Waals surface area contributed by atoms with Gasteiger partial charge in [-0.1, -0.05) is 0 Å². The minimum Gasteiger partial charge on any atom is -0.397 e. The summed E-state index contributed by atoms with van der Waals surface area (Å²) in [5.41, 5.74) is 18.4. The maximum absolute atomic E-state index is 12.4. The smallest absolute Gasteiger partial charge is 0.272 e. The molecule has 2 aromatic heterocycles. The number of H-pyrrole nitrogens is 1. The zero-order chi connectivity index (χ0) is 18.6. The fraction of sp³-hybridized carbons (Fsp3) is 0.267. The highest BCUT2D eigenvalue weighted by Crippen LogP contribution is 2.20. The average molecular weight is 346 g/mol. The predicted octanol–water partition coefficient (Wildman–Crippen LogP) is -0.501. The van der Waals surface area contributed by atoms with Crippen LogP contribution in [0.1, 0.15) is 26.5 Å². The van der Waals surface area contributed by atoms with Crippen LogP contribution < -0.4 is 27.8 Å². The van der Waals surface area contributed by atoms with E-state index in [1.165, 1.54) is 0 Å². The Morgan fingerprint density at radius 2 is 2.04 bits per heavy atom. The number of rotatable bonds is 6. The Morgan fingerprint density at radius 3 is 2.64 bits per heavy atom. The third kappa shape index (κ3) is 4.10. The van der Waals surface area contributed by atoms with Crippen molar-refractivity contribution in [2.75, 3.05) is 24.1 Å². The molecular weight excluding hydrogens is 324 g/mol. The minimum absolute atomic E-state index is 0.0401. The van der Waals surface area contributed by atoms with E-state index < -0.39 is 0 Å². The van der Waals surface area contributed by atoms with Gasteiger partial charge in [-0.05, 0) is 13.0 Å². The summed E-state index contributed by atoms with van der Waals surface area (Å²) in [6.07, 6.45) is 3.23. The number of guanidine groups is 1. The van der Waals surface area contributed by atoms with Crippen LogP contribution in [0.3, 0.4) is 0 Å². The van der Waals surface area contributed by atoms with Crippen molar-refractivity contribution in [2.24, 2.45) is 23.5 Å². The first-order valence-electron chi connectivity index (χ1n) is 7.55. The lowest BCUT2D eigenvalue weighted by molar-refractivity contribution is 0.0947. The third-order valence-electron chi connectivity index (χ3n) is 3.63. The average Bonchev–Trinajstić information content (AvgIpc) is 3.07. The summed E-state index contributed by atoms with van der Waals surface area (Å²) in [7, 11) is 1.71. The van der Waals surface area contributed by atoms with Crippen molar-refractivity contribution in [3.05, 3.63) is 35.4 Å². The van der Waals surface area contributed by atoms with Gasteiger partial charge in [0.1, 0.15) is 11.4 Å². The van der Waals surface area contributed by atoms with Gasteiger partial charge in [0.2, 0.25) is 0 Å². The maximum Gasteiger partial charge on any atom is 0.272 e. The van der Waals surface area contributed by atoms with Gasteiger partial charge in [-0.25, -0.2) is 0 Å². The molecule has 9 N–H and O–H groups in total. The number of aromatic amines is 1. The molecule has 0 radical (unpaired) electrons. The number of aliphatic imine (C=N–C) groups is 1. The van der Waals surface area contributed by atoms with Crippen LogP contribution in [0.2, 0.25) is 0 Å². The second-order valence-corrected chi connectivity index (χ2v) is 5.45. The lowest BCUT2D eigenvalue weighted by Crippen LogP contribution is -2.30. The van der Waals surface area contributed by atoms with Gasteiger partial charge in [0.15, 0.2) is 5.96 Å². The van der Waals surface area contributed by atoms with E-state index in [4.69, 9.17) is 17.2 Å². The first-order valence-corrected chi connectivity index (χ1v) is 7.55. The largest absolute Gasteiger partial charge is 0.397 e. The number of hydrogen-bond acceptors (Lipinski definition) is 4. The fourth-order valence-corrected chi connectivity index (χ4v) is 2.28. The molecule has 10 heteroatoms.